The Morgan fingerprint density at radius 3 is 2.29 bits per heavy atom. The van der Waals surface area contributed by atoms with Crippen LogP contribution in [0.2, 0.25) is 0 Å². The van der Waals surface area contributed by atoms with Gasteiger partial charge in [0.15, 0.2) is 0 Å². The summed E-state index contributed by atoms with van der Waals surface area (Å²) < 4.78 is 66.9. The van der Waals surface area contributed by atoms with Crippen LogP contribution in [-0.4, -0.2) is 126 Å². The molecule has 63 heavy (non-hydrogen) atoms. The highest BCUT2D eigenvalue weighted by atomic mass is 32.2. The summed E-state index contributed by atoms with van der Waals surface area (Å²) in [5.74, 6) is -2.44. The number of thioether (sulfide) groups is 2. The van der Waals surface area contributed by atoms with Crippen molar-refractivity contribution < 1.29 is 55.8 Å². The number of fused-ring (bicyclic) bond motifs is 2. The van der Waals surface area contributed by atoms with Crippen molar-refractivity contribution in [2.75, 3.05) is 65.2 Å². The number of nitrogens with one attached hydrogen (secondary N) is 2. The number of alkyl halides is 2. The van der Waals surface area contributed by atoms with Gasteiger partial charge in [-0.15, -0.1) is 11.3 Å². The third-order valence-corrected chi connectivity index (χ3v) is 15.8. The van der Waals surface area contributed by atoms with Crippen LogP contribution in [0.4, 0.5) is 8.78 Å². The zero-order valence-corrected chi connectivity index (χ0v) is 37.9. The molecule has 3 aromatic rings. The maximum Gasteiger partial charge on any atom is 0.404 e. The average Bonchev–Trinajstić information content (AvgIpc) is 4.01. The number of thiophene rings is 1. The molecule has 340 valence electrons. The fourth-order valence-corrected chi connectivity index (χ4v) is 12.0. The molecule has 2 aromatic heterocycles. The zero-order valence-electron chi connectivity index (χ0n) is 34.6. The van der Waals surface area contributed by atoms with Crippen molar-refractivity contribution in [3.63, 3.8) is 0 Å². The van der Waals surface area contributed by atoms with E-state index in [2.05, 4.69) is 16.4 Å². The molecule has 3 saturated heterocycles. The molecule has 0 spiro atoms. The minimum Gasteiger partial charge on any atom is -0.376 e. The largest absolute Gasteiger partial charge is 0.404 e. The summed E-state index contributed by atoms with van der Waals surface area (Å²) >= 11 is 2.51. The number of hydrogen-bond acceptors (Lipinski definition) is 15. The molecule has 3 fully saturated rings. The topological polar surface area (TPSA) is 214 Å². The van der Waals surface area contributed by atoms with Gasteiger partial charge >= 0.3 is 13.3 Å². The van der Waals surface area contributed by atoms with Crippen LogP contribution in [0, 0.1) is 17.2 Å². The maximum atomic E-state index is 16.3. The number of nitriles is 1. The SMILES string of the molecule is COCC(=O)SCCOP(=O)(OCCSC(=O)COC)C(F)(F)c1ccc2sc(C(=O)NC3CCCC[C@H]4CC[C@@H](C(=O)N5C[C@H](c6cc[nH]c(=O)c6)[C@@H](C#N)C5)N4C3=O)cc2c1. The van der Waals surface area contributed by atoms with Gasteiger partial charge in [-0.25, -0.2) is 0 Å². The van der Waals surface area contributed by atoms with Crippen molar-refractivity contribution in [2.24, 2.45) is 5.92 Å². The number of aromatic amines is 1. The number of amides is 3. The van der Waals surface area contributed by atoms with Gasteiger partial charge < -0.3 is 38.6 Å². The molecule has 3 aliphatic rings. The van der Waals surface area contributed by atoms with Gasteiger partial charge in [-0.2, -0.15) is 14.0 Å². The summed E-state index contributed by atoms with van der Waals surface area (Å²) in [5, 5.41) is 12.2. The predicted octanol–water partition coefficient (Wildman–Crippen LogP) is 5.48. The molecule has 1 unspecified atom stereocenters. The van der Waals surface area contributed by atoms with Gasteiger partial charge in [0.05, 0.1) is 30.1 Å². The summed E-state index contributed by atoms with van der Waals surface area (Å²) in [6, 6.07) is 8.32. The Hall–Kier alpha value is -4.00. The Balaban J connectivity index is 1.16. The maximum absolute atomic E-state index is 16.3. The number of methoxy groups -OCH3 is 2. The summed E-state index contributed by atoms with van der Waals surface area (Å²) in [7, 11) is -2.64. The number of pyridine rings is 1. The van der Waals surface area contributed by atoms with Crippen molar-refractivity contribution in [1.29, 1.82) is 5.26 Å². The summed E-state index contributed by atoms with van der Waals surface area (Å²) in [6.07, 6.45) is 4.94. The standard InChI is InChI=1S/C41H48F2N5O11PS3/c1-56-23-36(50)61-15-13-58-60(55,59-14-16-62-37(51)24-57-2)41(42,43)28-7-10-33-26(17-28)18-34(63-33)38(52)46-31-6-4-3-5-29-8-9-32(48(29)39(31)53)40(54)47-21-27(20-44)30(22-47)25-11-12-45-35(49)19-25/h7,10-12,17-19,27,29-32H,3-6,8-9,13-16,21-24H2,1-2H3,(H,45,49)(H,46,52)/t27-,29-,30+,31?,32-/m0/s1. The Bertz CT molecular complexity index is 2300. The van der Waals surface area contributed by atoms with Crippen LogP contribution in [0.15, 0.2) is 47.4 Å². The molecular weight excluding hydrogens is 904 g/mol. The number of halogens is 2. The molecule has 3 amide bonds. The Morgan fingerprint density at radius 1 is 0.952 bits per heavy atom. The Morgan fingerprint density at radius 2 is 1.63 bits per heavy atom. The summed E-state index contributed by atoms with van der Waals surface area (Å²) in [6.45, 7) is -1.12. The van der Waals surface area contributed by atoms with E-state index < -0.39 is 61.9 Å². The molecule has 5 heterocycles. The van der Waals surface area contributed by atoms with E-state index in [1.54, 1.807) is 15.9 Å². The molecule has 0 bridgehead atoms. The van der Waals surface area contributed by atoms with Crippen molar-refractivity contribution >= 4 is 80.5 Å². The van der Waals surface area contributed by atoms with E-state index in [0.29, 0.717) is 42.4 Å². The smallest absolute Gasteiger partial charge is 0.376 e. The summed E-state index contributed by atoms with van der Waals surface area (Å²) in [5.41, 5.74) is -4.58. The molecule has 0 saturated carbocycles. The highest BCUT2D eigenvalue weighted by molar-refractivity contribution is 8.14. The second-order valence-corrected chi connectivity index (χ2v) is 20.7. The molecule has 0 aliphatic carbocycles. The predicted molar refractivity (Wildman–Crippen MR) is 233 cm³/mol. The molecule has 0 radical (unpaired) electrons. The van der Waals surface area contributed by atoms with Gasteiger partial charge in [0, 0.05) is 73.3 Å². The van der Waals surface area contributed by atoms with E-state index in [4.69, 9.17) is 18.5 Å². The van der Waals surface area contributed by atoms with E-state index in [-0.39, 0.29) is 81.7 Å². The van der Waals surface area contributed by atoms with Crippen LogP contribution < -0.4 is 10.9 Å². The molecule has 3 aliphatic heterocycles. The molecule has 1 aromatic carbocycles. The number of H-pyrrole nitrogens is 1. The zero-order chi connectivity index (χ0) is 45.3. The van der Waals surface area contributed by atoms with Gasteiger partial charge in [-0.1, -0.05) is 42.4 Å². The van der Waals surface area contributed by atoms with E-state index in [1.807, 2.05) is 0 Å². The molecular formula is C41H48F2N5O11PS3. The normalized spacial score (nSPS) is 21.8. The number of benzene rings is 1. The van der Waals surface area contributed by atoms with Crippen LogP contribution in [0.3, 0.4) is 0 Å². The minimum absolute atomic E-state index is 0.117. The van der Waals surface area contributed by atoms with Crippen molar-refractivity contribution in [2.45, 2.75) is 68.2 Å². The van der Waals surface area contributed by atoms with E-state index >= 15 is 8.78 Å². The molecule has 16 nitrogen and oxygen atoms in total. The molecule has 5 atom stereocenters. The van der Waals surface area contributed by atoms with Crippen molar-refractivity contribution in [3.05, 3.63) is 69.0 Å². The fourth-order valence-electron chi connectivity index (χ4n) is 8.14. The lowest BCUT2D eigenvalue weighted by molar-refractivity contribution is -0.146. The number of carbonyl (C=O) groups is 5. The quantitative estimate of drug-likeness (QED) is 0.120. The van der Waals surface area contributed by atoms with Crippen molar-refractivity contribution in [3.8, 4) is 6.07 Å². The third kappa shape index (κ3) is 11.5. The average molecular weight is 952 g/mol. The lowest BCUT2D eigenvalue weighted by atomic mass is 9.91. The lowest BCUT2D eigenvalue weighted by Gasteiger charge is -2.36. The third-order valence-electron chi connectivity index (χ3n) is 11.1. The monoisotopic (exact) mass is 951 g/mol. The van der Waals surface area contributed by atoms with Crippen LogP contribution >= 0.6 is 42.5 Å². The van der Waals surface area contributed by atoms with Crippen LogP contribution in [0.1, 0.15) is 65.2 Å². The van der Waals surface area contributed by atoms with Gasteiger partial charge in [-0.05, 0) is 60.9 Å². The minimum atomic E-state index is -5.29. The Labute approximate surface area is 374 Å². The van der Waals surface area contributed by atoms with E-state index in [9.17, 15) is 38.6 Å². The number of ether oxygens (including phenoxy) is 2. The second kappa shape index (κ2) is 21.8. The molecule has 22 heteroatoms. The number of hydrogen-bond donors (Lipinski definition) is 2. The lowest BCUT2D eigenvalue weighted by Crippen LogP contribution is -2.56. The first kappa shape index (κ1) is 48.5. The highest BCUT2D eigenvalue weighted by Gasteiger charge is 2.55. The van der Waals surface area contributed by atoms with Gasteiger partial charge in [0.2, 0.25) is 27.6 Å². The van der Waals surface area contributed by atoms with Crippen LogP contribution in [-0.2, 0) is 47.9 Å². The first-order valence-electron chi connectivity index (χ1n) is 20.3. The van der Waals surface area contributed by atoms with Crippen LogP contribution in [0.25, 0.3) is 10.1 Å². The number of rotatable bonds is 18. The molecule has 6 rings (SSSR count). The first-order valence-corrected chi connectivity index (χ1v) is 24.6. The number of carbonyl (C=O) groups excluding carboxylic acids is 5. The van der Waals surface area contributed by atoms with Gasteiger partial charge in [0.1, 0.15) is 25.3 Å². The van der Waals surface area contributed by atoms with Crippen molar-refractivity contribution in [1.82, 2.24) is 20.1 Å². The van der Waals surface area contributed by atoms with Gasteiger partial charge in [0.25, 0.3) is 5.91 Å². The first-order chi connectivity index (χ1) is 30.2. The second-order valence-electron chi connectivity index (χ2n) is 15.2. The number of nitrogens with zero attached hydrogens (tertiary/aromatic N) is 3. The van der Waals surface area contributed by atoms with E-state index in [1.165, 1.54) is 38.6 Å². The number of likely N-dealkylation sites (tertiary alicyclic amines) is 1. The van der Waals surface area contributed by atoms with E-state index in [0.717, 1.165) is 53.4 Å². The number of aromatic nitrogens is 1. The summed E-state index contributed by atoms with van der Waals surface area (Å²) in [4.78, 5) is 83.9. The highest BCUT2D eigenvalue weighted by Crippen LogP contribution is 2.67. The molecule has 2 N–H and O–H groups in total. The Kier molecular flexibility index (Phi) is 16.8. The fraction of sp³-hybridized carbons (Fsp3) is 0.537. The van der Waals surface area contributed by atoms with Crippen LogP contribution in [0.5, 0.6) is 0 Å². The van der Waals surface area contributed by atoms with Gasteiger partial charge in [-0.3, -0.25) is 33.3 Å².